The molecule has 1 atom stereocenters. The molecule has 0 saturated heterocycles. The molecule has 1 aromatic carbocycles. The van der Waals surface area contributed by atoms with Crippen LogP contribution in [0.3, 0.4) is 0 Å². The number of hydrogen-bond donors (Lipinski definition) is 1. The van der Waals surface area contributed by atoms with Crippen molar-refractivity contribution in [3.63, 3.8) is 0 Å². The van der Waals surface area contributed by atoms with Gasteiger partial charge in [0, 0.05) is 17.4 Å². The minimum Gasteiger partial charge on any atom is -0.451 e. The lowest BCUT2D eigenvalue weighted by Gasteiger charge is -2.13. The van der Waals surface area contributed by atoms with E-state index >= 15 is 0 Å². The number of thiophene rings is 1. The number of benzene rings is 1. The quantitative estimate of drug-likeness (QED) is 0.605. The number of ether oxygens (including phenoxy) is 1. The van der Waals surface area contributed by atoms with Crippen LogP contribution in [0.25, 0.3) is 0 Å². The molecule has 1 amide bonds. The normalized spacial score (nSPS) is 11.7. The molecule has 2 rings (SSSR count). The van der Waals surface area contributed by atoms with E-state index in [4.69, 9.17) is 4.74 Å². The number of nitrogens with one attached hydrogen (secondary N) is 1. The second kappa shape index (κ2) is 8.27. The number of hydrogen-bond acceptors (Lipinski definition) is 5. The fraction of sp³-hybridized carbons (Fsp3) is 0.350. The lowest BCUT2D eigenvalue weighted by atomic mass is 10.0. The summed E-state index contributed by atoms with van der Waals surface area (Å²) in [6.07, 6.45) is -0.0263. The number of ketones is 1. The zero-order chi connectivity index (χ0) is 19.4. The van der Waals surface area contributed by atoms with Crippen molar-refractivity contribution in [1.29, 1.82) is 0 Å². The number of carbonyl (C=O) groups excluding carboxylic acids is 3. The molecule has 2 aromatic rings. The predicted octanol–water partition coefficient (Wildman–Crippen LogP) is 4.31. The van der Waals surface area contributed by atoms with Gasteiger partial charge < -0.3 is 10.1 Å². The van der Waals surface area contributed by atoms with E-state index in [0.29, 0.717) is 16.1 Å². The third-order valence-electron chi connectivity index (χ3n) is 4.18. The first-order valence-electron chi connectivity index (χ1n) is 8.46. The van der Waals surface area contributed by atoms with Crippen LogP contribution in [0.15, 0.2) is 24.3 Å². The molecule has 26 heavy (non-hydrogen) atoms. The molecule has 0 radical (unpaired) electrons. The standard InChI is InChI=1S/C20H23NO4S/c1-6-15-7-9-16(10-8-15)18(23)12(3)25-20(24)17-11(2)13(4)26-19(17)21-14(5)22/h7-10,12H,6H2,1-5H3,(H,21,22)/t12-/m0/s1. The van der Waals surface area contributed by atoms with E-state index in [9.17, 15) is 14.4 Å². The second-order valence-corrected chi connectivity index (χ2v) is 7.36. The lowest BCUT2D eigenvalue weighted by molar-refractivity contribution is -0.114. The Morgan fingerprint density at radius 1 is 1.15 bits per heavy atom. The number of aryl methyl sites for hydroxylation is 2. The van der Waals surface area contributed by atoms with Gasteiger partial charge in [-0.15, -0.1) is 11.3 Å². The van der Waals surface area contributed by atoms with Gasteiger partial charge in [-0.2, -0.15) is 0 Å². The van der Waals surface area contributed by atoms with E-state index < -0.39 is 12.1 Å². The minimum atomic E-state index is -0.917. The Labute approximate surface area is 157 Å². The van der Waals surface area contributed by atoms with Gasteiger partial charge in [0.2, 0.25) is 11.7 Å². The van der Waals surface area contributed by atoms with Gasteiger partial charge in [0.25, 0.3) is 0 Å². The highest BCUT2D eigenvalue weighted by Crippen LogP contribution is 2.33. The Morgan fingerprint density at radius 2 is 1.77 bits per heavy atom. The van der Waals surface area contributed by atoms with Gasteiger partial charge in [-0.1, -0.05) is 31.2 Å². The molecule has 0 aliphatic rings. The maximum atomic E-state index is 12.6. The zero-order valence-electron chi connectivity index (χ0n) is 15.6. The lowest BCUT2D eigenvalue weighted by Crippen LogP contribution is -2.25. The summed E-state index contributed by atoms with van der Waals surface area (Å²) in [4.78, 5) is 37.4. The Morgan fingerprint density at radius 3 is 2.31 bits per heavy atom. The van der Waals surface area contributed by atoms with Crippen molar-refractivity contribution in [2.24, 2.45) is 0 Å². The molecular weight excluding hydrogens is 350 g/mol. The Hall–Kier alpha value is -2.47. The average Bonchev–Trinajstić information content (AvgIpc) is 2.87. The van der Waals surface area contributed by atoms with Crippen molar-refractivity contribution in [2.75, 3.05) is 5.32 Å². The highest BCUT2D eigenvalue weighted by Gasteiger charge is 2.26. The van der Waals surface area contributed by atoms with Gasteiger partial charge >= 0.3 is 5.97 Å². The summed E-state index contributed by atoms with van der Waals surface area (Å²) in [5, 5.41) is 3.11. The topological polar surface area (TPSA) is 72.5 Å². The van der Waals surface area contributed by atoms with E-state index in [1.807, 2.05) is 26.0 Å². The number of rotatable bonds is 6. The van der Waals surface area contributed by atoms with Crippen LogP contribution < -0.4 is 5.32 Å². The first-order chi connectivity index (χ1) is 12.2. The molecule has 1 N–H and O–H groups in total. The van der Waals surface area contributed by atoms with Gasteiger partial charge in [-0.25, -0.2) is 4.79 Å². The monoisotopic (exact) mass is 373 g/mol. The fourth-order valence-electron chi connectivity index (χ4n) is 2.53. The number of amides is 1. The van der Waals surface area contributed by atoms with Gasteiger partial charge in [0.05, 0.1) is 5.56 Å². The molecule has 0 unspecified atom stereocenters. The molecule has 0 aliphatic carbocycles. The third kappa shape index (κ3) is 4.38. The average molecular weight is 373 g/mol. The molecule has 0 saturated carbocycles. The Balaban J connectivity index is 2.18. The molecule has 0 spiro atoms. The second-order valence-electron chi connectivity index (χ2n) is 6.13. The Bertz CT molecular complexity index is 836. The van der Waals surface area contributed by atoms with Crippen molar-refractivity contribution in [2.45, 2.75) is 47.1 Å². The highest BCUT2D eigenvalue weighted by molar-refractivity contribution is 7.16. The number of Topliss-reactive ketones (excluding diaryl/α,β-unsaturated/α-hetero) is 1. The maximum Gasteiger partial charge on any atom is 0.342 e. The molecular formula is C20H23NO4S. The van der Waals surface area contributed by atoms with Crippen molar-refractivity contribution in [1.82, 2.24) is 0 Å². The van der Waals surface area contributed by atoms with Gasteiger partial charge in [-0.3, -0.25) is 9.59 Å². The molecule has 0 fully saturated rings. The number of anilines is 1. The maximum absolute atomic E-state index is 12.6. The molecule has 5 nitrogen and oxygen atoms in total. The van der Waals surface area contributed by atoms with Crippen molar-refractivity contribution in [3.8, 4) is 0 Å². The molecule has 1 heterocycles. The van der Waals surface area contributed by atoms with Crippen molar-refractivity contribution >= 4 is 34.0 Å². The van der Waals surface area contributed by atoms with Crippen LogP contribution in [0.5, 0.6) is 0 Å². The predicted molar refractivity (Wildman–Crippen MR) is 103 cm³/mol. The fourth-order valence-corrected chi connectivity index (χ4v) is 3.63. The van der Waals surface area contributed by atoms with Crippen LogP contribution in [-0.2, 0) is 16.0 Å². The highest BCUT2D eigenvalue weighted by atomic mass is 32.1. The minimum absolute atomic E-state index is 0.258. The summed E-state index contributed by atoms with van der Waals surface area (Å²) >= 11 is 1.32. The first-order valence-corrected chi connectivity index (χ1v) is 9.27. The SMILES string of the molecule is CCc1ccc(C(=O)[C@H](C)OC(=O)c2c(NC(C)=O)sc(C)c2C)cc1. The van der Waals surface area contributed by atoms with E-state index in [0.717, 1.165) is 22.4 Å². The summed E-state index contributed by atoms with van der Waals surface area (Å²) in [6, 6.07) is 7.27. The van der Waals surface area contributed by atoms with Crippen LogP contribution in [-0.4, -0.2) is 23.8 Å². The third-order valence-corrected chi connectivity index (χ3v) is 5.30. The summed E-state index contributed by atoms with van der Waals surface area (Å²) in [5.41, 5.74) is 2.69. The molecule has 6 heteroatoms. The summed E-state index contributed by atoms with van der Waals surface area (Å²) < 4.78 is 5.39. The van der Waals surface area contributed by atoms with Gasteiger partial charge in [0.15, 0.2) is 6.10 Å². The van der Waals surface area contributed by atoms with Crippen LogP contribution in [0.4, 0.5) is 5.00 Å². The van der Waals surface area contributed by atoms with Crippen LogP contribution in [0, 0.1) is 13.8 Å². The van der Waals surface area contributed by atoms with Gasteiger partial charge in [-0.05, 0) is 38.3 Å². The zero-order valence-corrected chi connectivity index (χ0v) is 16.5. The largest absolute Gasteiger partial charge is 0.451 e. The van der Waals surface area contributed by atoms with Crippen molar-refractivity contribution < 1.29 is 19.1 Å². The summed E-state index contributed by atoms with van der Waals surface area (Å²) in [5.74, 6) is -1.13. The van der Waals surface area contributed by atoms with Crippen LogP contribution in [0.1, 0.15) is 57.5 Å². The molecule has 0 bridgehead atoms. The van der Waals surface area contributed by atoms with Gasteiger partial charge in [0.1, 0.15) is 5.00 Å². The smallest absolute Gasteiger partial charge is 0.342 e. The van der Waals surface area contributed by atoms with E-state index in [1.165, 1.54) is 18.3 Å². The first kappa shape index (κ1) is 19.8. The summed E-state index contributed by atoms with van der Waals surface area (Å²) in [7, 11) is 0. The number of carbonyl (C=O) groups is 3. The number of esters is 1. The molecule has 0 aliphatic heterocycles. The van der Waals surface area contributed by atoms with Crippen LogP contribution >= 0.6 is 11.3 Å². The Kier molecular flexibility index (Phi) is 6.32. The van der Waals surface area contributed by atoms with Crippen molar-refractivity contribution in [3.05, 3.63) is 51.4 Å². The summed E-state index contributed by atoms with van der Waals surface area (Å²) in [6.45, 7) is 8.64. The van der Waals surface area contributed by atoms with E-state index in [-0.39, 0.29) is 11.7 Å². The van der Waals surface area contributed by atoms with E-state index in [2.05, 4.69) is 5.32 Å². The van der Waals surface area contributed by atoms with Crippen LogP contribution in [0.2, 0.25) is 0 Å². The molecule has 1 aromatic heterocycles. The molecule has 138 valence electrons. The van der Waals surface area contributed by atoms with E-state index in [1.54, 1.807) is 26.0 Å².